The Balaban J connectivity index is 2.11. The third-order valence-electron chi connectivity index (χ3n) is 4.28. The number of likely N-dealkylation sites (tertiary alicyclic amines) is 1. The van der Waals surface area contributed by atoms with Gasteiger partial charge in [0.2, 0.25) is 0 Å². The first kappa shape index (κ1) is 23.0. The van der Waals surface area contributed by atoms with Crippen LogP contribution in [-0.2, 0) is 23.8 Å². The topological polar surface area (TPSA) is 111 Å². The van der Waals surface area contributed by atoms with Crippen LogP contribution in [0.5, 0.6) is 0 Å². The molecule has 0 spiro atoms. The van der Waals surface area contributed by atoms with E-state index in [-0.39, 0.29) is 18.0 Å². The summed E-state index contributed by atoms with van der Waals surface area (Å²) < 4.78 is 40.1. The van der Waals surface area contributed by atoms with E-state index in [2.05, 4.69) is 10.1 Å². The van der Waals surface area contributed by atoms with Crippen molar-refractivity contribution in [2.24, 2.45) is 0 Å². The molecule has 29 heavy (non-hydrogen) atoms. The maximum atomic E-state index is 12.6. The molecule has 1 heterocycles. The van der Waals surface area contributed by atoms with Gasteiger partial charge < -0.3 is 19.7 Å². The van der Waals surface area contributed by atoms with Gasteiger partial charge in [0.25, 0.3) is 10.1 Å². The summed E-state index contributed by atoms with van der Waals surface area (Å²) in [5, 5.41) is 2.63. The molecule has 1 fully saturated rings. The lowest BCUT2D eigenvalue weighted by Crippen LogP contribution is -2.43. The monoisotopic (exact) mass is 428 g/mol. The fourth-order valence-electron chi connectivity index (χ4n) is 2.89. The van der Waals surface area contributed by atoms with Gasteiger partial charge in [-0.2, -0.15) is 8.42 Å². The molecule has 0 saturated carbocycles. The van der Waals surface area contributed by atoms with Crippen molar-refractivity contribution in [2.45, 2.75) is 56.7 Å². The van der Waals surface area contributed by atoms with Crippen molar-refractivity contribution in [3.8, 4) is 0 Å². The summed E-state index contributed by atoms with van der Waals surface area (Å²) in [7, 11) is -2.74. The van der Waals surface area contributed by atoms with E-state index in [0.717, 1.165) is 5.56 Å². The highest BCUT2D eigenvalue weighted by Gasteiger charge is 2.39. The highest BCUT2D eigenvalue weighted by Crippen LogP contribution is 2.23. The average molecular weight is 429 g/mol. The summed E-state index contributed by atoms with van der Waals surface area (Å²) in [6.45, 7) is 6.95. The molecule has 0 aliphatic carbocycles. The molecular weight excluding hydrogens is 400 g/mol. The number of hydrogen-bond acceptors (Lipinski definition) is 7. The van der Waals surface area contributed by atoms with Crippen LogP contribution in [0.3, 0.4) is 0 Å². The van der Waals surface area contributed by atoms with Gasteiger partial charge in [0, 0.05) is 6.54 Å². The molecule has 2 atom stereocenters. The molecule has 0 radical (unpaired) electrons. The third-order valence-corrected chi connectivity index (χ3v) is 5.57. The normalized spacial score (nSPS) is 19.7. The van der Waals surface area contributed by atoms with E-state index in [0.29, 0.717) is 6.42 Å². The van der Waals surface area contributed by atoms with Gasteiger partial charge in [0.1, 0.15) is 5.60 Å². The molecule has 0 aromatic heterocycles. The minimum absolute atomic E-state index is 0.0363. The molecule has 1 N–H and O–H groups in total. The van der Waals surface area contributed by atoms with E-state index in [1.165, 1.54) is 24.1 Å². The van der Waals surface area contributed by atoms with Gasteiger partial charge in [0.05, 0.1) is 30.7 Å². The number of aryl methyl sites for hydroxylation is 1. The van der Waals surface area contributed by atoms with Gasteiger partial charge in [0.15, 0.2) is 0 Å². The van der Waals surface area contributed by atoms with E-state index in [4.69, 9.17) is 8.92 Å². The molecule has 2 amide bonds. The van der Waals surface area contributed by atoms with Crippen molar-refractivity contribution in [1.82, 2.24) is 10.2 Å². The summed E-state index contributed by atoms with van der Waals surface area (Å²) in [4.78, 5) is 25.5. The van der Waals surface area contributed by atoms with Crippen molar-refractivity contribution in [2.75, 3.05) is 20.3 Å². The Morgan fingerprint density at radius 3 is 2.38 bits per heavy atom. The molecular formula is C19H28N2O7S. The Hall–Kier alpha value is -2.33. The quantitative estimate of drug-likeness (QED) is 0.717. The van der Waals surface area contributed by atoms with Crippen molar-refractivity contribution in [3.05, 3.63) is 29.8 Å². The number of rotatable bonds is 5. The summed E-state index contributed by atoms with van der Waals surface area (Å²) in [5.41, 5.74) is 0.206. The molecule has 1 aromatic carbocycles. The van der Waals surface area contributed by atoms with Crippen LogP contribution in [0.15, 0.2) is 29.2 Å². The van der Waals surface area contributed by atoms with Crippen molar-refractivity contribution < 1.29 is 31.7 Å². The minimum Gasteiger partial charge on any atom is -0.453 e. The zero-order valence-electron chi connectivity index (χ0n) is 17.3. The first-order valence-corrected chi connectivity index (χ1v) is 10.6. The predicted molar refractivity (Wildman–Crippen MR) is 105 cm³/mol. The Morgan fingerprint density at radius 2 is 1.83 bits per heavy atom. The average Bonchev–Trinajstić information content (AvgIpc) is 3.02. The fraction of sp³-hybridized carbons (Fsp3) is 0.579. The van der Waals surface area contributed by atoms with Gasteiger partial charge in [-0.3, -0.25) is 4.18 Å². The number of nitrogens with zero attached hydrogens (tertiary/aromatic N) is 1. The molecule has 1 aliphatic heterocycles. The van der Waals surface area contributed by atoms with Gasteiger partial charge in [-0.15, -0.1) is 0 Å². The van der Waals surface area contributed by atoms with Crippen LogP contribution in [0, 0.1) is 6.92 Å². The largest absolute Gasteiger partial charge is 0.453 e. The SMILES string of the molecule is COC(=O)N[C@@H]1C[C@@H](COS(=O)(=O)c2ccc(C)cc2)N(C(=O)OC(C)(C)C)C1. The van der Waals surface area contributed by atoms with Crippen molar-refractivity contribution in [1.29, 1.82) is 0 Å². The summed E-state index contributed by atoms with van der Waals surface area (Å²) in [6.07, 6.45) is -0.932. The van der Waals surface area contributed by atoms with E-state index >= 15 is 0 Å². The van der Waals surface area contributed by atoms with Crippen LogP contribution in [0.1, 0.15) is 32.8 Å². The van der Waals surface area contributed by atoms with E-state index in [9.17, 15) is 18.0 Å². The minimum atomic E-state index is -3.98. The maximum absolute atomic E-state index is 12.6. The standard InChI is InChI=1S/C19H28N2O7S/c1-13-6-8-16(9-7-13)29(24,25)27-12-15-10-14(20-17(22)26-5)11-21(15)18(23)28-19(2,3)4/h6-9,14-15H,10-12H2,1-5H3,(H,20,22)/t14-,15+/m1/s1. The number of benzene rings is 1. The van der Waals surface area contributed by atoms with Crippen LogP contribution in [0.2, 0.25) is 0 Å². The smallest absolute Gasteiger partial charge is 0.410 e. The molecule has 9 nitrogen and oxygen atoms in total. The summed E-state index contributed by atoms with van der Waals surface area (Å²) in [5.74, 6) is 0. The summed E-state index contributed by atoms with van der Waals surface area (Å²) >= 11 is 0. The van der Waals surface area contributed by atoms with Crippen molar-refractivity contribution in [3.63, 3.8) is 0 Å². The van der Waals surface area contributed by atoms with Crippen LogP contribution in [0.25, 0.3) is 0 Å². The Labute approximate surface area is 171 Å². The molecule has 162 valence electrons. The highest BCUT2D eigenvalue weighted by molar-refractivity contribution is 7.86. The Kier molecular flexibility index (Phi) is 7.12. The molecule has 1 saturated heterocycles. The number of hydrogen-bond donors (Lipinski definition) is 1. The zero-order chi connectivity index (χ0) is 21.8. The molecule has 1 aliphatic rings. The molecule has 2 rings (SSSR count). The van der Waals surface area contributed by atoms with E-state index < -0.39 is 40.0 Å². The molecule has 0 bridgehead atoms. The number of alkyl carbamates (subject to hydrolysis) is 1. The van der Waals surface area contributed by atoms with E-state index in [1.807, 2.05) is 6.92 Å². The van der Waals surface area contributed by atoms with Gasteiger partial charge >= 0.3 is 12.2 Å². The maximum Gasteiger partial charge on any atom is 0.410 e. The Morgan fingerprint density at radius 1 is 1.21 bits per heavy atom. The second-order valence-electron chi connectivity index (χ2n) is 7.91. The second-order valence-corrected chi connectivity index (χ2v) is 9.52. The van der Waals surface area contributed by atoms with Crippen LogP contribution in [-0.4, -0.2) is 63.5 Å². The van der Waals surface area contributed by atoms with E-state index in [1.54, 1.807) is 32.9 Å². The lowest BCUT2D eigenvalue weighted by Gasteiger charge is -2.28. The first-order valence-electron chi connectivity index (χ1n) is 9.21. The number of carbonyl (C=O) groups excluding carboxylic acids is 2. The number of methoxy groups -OCH3 is 1. The first-order chi connectivity index (χ1) is 13.4. The number of ether oxygens (including phenoxy) is 2. The molecule has 1 aromatic rings. The third kappa shape index (κ3) is 6.60. The lowest BCUT2D eigenvalue weighted by molar-refractivity contribution is 0.0186. The van der Waals surface area contributed by atoms with Crippen LogP contribution < -0.4 is 5.32 Å². The highest BCUT2D eigenvalue weighted by atomic mass is 32.2. The number of carbonyl (C=O) groups is 2. The molecule has 0 unspecified atom stereocenters. The second kappa shape index (κ2) is 9.00. The molecule has 10 heteroatoms. The lowest BCUT2D eigenvalue weighted by atomic mass is 10.2. The predicted octanol–water partition coefficient (Wildman–Crippen LogP) is 2.43. The van der Waals surface area contributed by atoms with Crippen LogP contribution >= 0.6 is 0 Å². The van der Waals surface area contributed by atoms with Crippen LogP contribution in [0.4, 0.5) is 9.59 Å². The number of nitrogens with one attached hydrogen (secondary N) is 1. The van der Waals surface area contributed by atoms with Gasteiger partial charge in [-0.1, -0.05) is 17.7 Å². The Bertz CT molecular complexity index is 831. The van der Waals surface area contributed by atoms with Crippen molar-refractivity contribution >= 4 is 22.3 Å². The fourth-order valence-corrected chi connectivity index (χ4v) is 3.83. The van der Waals surface area contributed by atoms with Gasteiger partial charge in [-0.25, -0.2) is 9.59 Å². The van der Waals surface area contributed by atoms with Gasteiger partial charge in [-0.05, 0) is 46.2 Å². The number of amides is 2. The summed E-state index contributed by atoms with van der Waals surface area (Å²) in [6, 6.07) is 5.28. The zero-order valence-corrected chi connectivity index (χ0v) is 18.1.